The molecule has 5 rings (SSSR count). The Hall–Kier alpha value is -1.63. The minimum absolute atomic E-state index is 0.0126. The lowest BCUT2D eigenvalue weighted by Crippen LogP contribution is -2.54. The van der Waals surface area contributed by atoms with Crippen molar-refractivity contribution in [1.29, 1.82) is 0 Å². The fraction of sp³-hybridized carbons (Fsp3) is 0.893. The van der Waals surface area contributed by atoms with E-state index < -0.39 is 6.09 Å². The summed E-state index contributed by atoms with van der Waals surface area (Å²) in [5, 5.41) is 9.20. The Morgan fingerprint density at radius 1 is 1.00 bits per heavy atom. The summed E-state index contributed by atoms with van der Waals surface area (Å²) in [4.78, 5) is 39.5. The Kier molecular flexibility index (Phi) is 6.69. The predicted molar refractivity (Wildman–Crippen MR) is 132 cm³/mol. The number of amides is 2. The quantitative estimate of drug-likeness (QED) is 0.626. The minimum atomic E-state index is -0.906. The average molecular weight is 489 g/mol. The normalized spacial score (nSPS) is 41.6. The molecule has 0 aromatic rings. The lowest BCUT2D eigenvalue weighted by atomic mass is 9.45. The van der Waals surface area contributed by atoms with Crippen molar-refractivity contribution in [3.05, 3.63) is 0 Å². The number of fused-ring (bicyclic) bond motifs is 5. The van der Waals surface area contributed by atoms with Gasteiger partial charge in [-0.3, -0.25) is 9.59 Å². The number of likely N-dealkylation sites (tertiary alicyclic amines) is 1. The maximum Gasteiger partial charge on any atom is 0.407 e. The van der Waals surface area contributed by atoms with Crippen molar-refractivity contribution in [2.24, 2.45) is 34.5 Å². The molecule has 5 fully saturated rings. The summed E-state index contributed by atoms with van der Waals surface area (Å²) >= 11 is 0. The number of hydrogen-bond donors (Lipinski definition) is 1. The topological polar surface area (TPSA) is 87.2 Å². The molecule has 0 aromatic heterocycles. The van der Waals surface area contributed by atoms with E-state index in [0.717, 1.165) is 37.5 Å². The van der Waals surface area contributed by atoms with E-state index in [0.29, 0.717) is 49.0 Å². The number of hydrogen-bond acceptors (Lipinski definition) is 4. The van der Waals surface area contributed by atoms with Crippen LogP contribution in [0.2, 0.25) is 0 Å². The van der Waals surface area contributed by atoms with Crippen molar-refractivity contribution >= 4 is 17.8 Å². The van der Waals surface area contributed by atoms with E-state index in [2.05, 4.69) is 13.8 Å². The number of carboxylic acid groups (broad SMARTS) is 1. The molecule has 1 N–H and O–H groups in total. The van der Waals surface area contributed by atoms with Crippen molar-refractivity contribution in [3.63, 3.8) is 0 Å². The molecule has 1 saturated heterocycles. The van der Waals surface area contributed by atoms with Crippen molar-refractivity contribution in [1.82, 2.24) is 9.80 Å². The van der Waals surface area contributed by atoms with E-state index in [4.69, 9.17) is 4.74 Å². The number of nitrogens with zero attached hydrogens (tertiary/aromatic N) is 2. The highest BCUT2D eigenvalue weighted by Gasteiger charge is 2.60. The SMILES string of the molecule is CN(C(=O)O)C1CCN(C(=O)CO[C@H]2CC[C@H]3[C@@H]4CC[C@H]5CC(=O)CC[C@]5(C)[C@H]4CC[C@]23C)CC1. The van der Waals surface area contributed by atoms with Gasteiger partial charge >= 0.3 is 6.09 Å². The number of rotatable bonds is 4. The van der Waals surface area contributed by atoms with Gasteiger partial charge in [0.1, 0.15) is 12.4 Å². The summed E-state index contributed by atoms with van der Waals surface area (Å²) in [5.41, 5.74) is 0.472. The standard InChI is InChI=1S/C28H44N2O5/c1-27-12-8-20(31)16-18(27)4-5-21-22-6-7-24(28(22,2)13-9-23(21)27)35-17-25(32)30-14-10-19(11-15-30)29(3)26(33)34/h18-19,21-24H,4-17H2,1-3H3,(H,33,34)/t18-,21-,22-,23-,24-,27-,28-/m0/s1. The summed E-state index contributed by atoms with van der Waals surface area (Å²) in [6.45, 7) is 6.25. The van der Waals surface area contributed by atoms with Gasteiger partial charge in [-0.1, -0.05) is 13.8 Å². The zero-order valence-electron chi connectivity index (χ0n) is 21.8. The first-order valence-electron chi connectivity index (χ1n) is 14.0. The first-order chi connectivity index (χ1) is 16.6. The first kappa shape index (κ1) is 25.0. The third-order valence-corrected chi connectivity index (χ3v) is 11.5. The van der Waals surface area contributed by atoms with Crippen LogP contribution >= 0.6 is 0 Å². The van der Waals surface area contributed by atoms with E-state index in [1.54, 1.807) is 7.05 Å². The van der Waals surface area contributed by atoms with Crippen molar-refractivity contribution < 1.29 is 24.2 Å². The van der Waals surface area contributed by atoms with E-state index in [9.17, 15) is 19.5 Å². The Bertz CT molecular complexity index is 854. The van der Waals surface area contributed by atoms with Crippen LogP contribution in [0, 0.1) is 34.5 Å². The van der Waals surface area contributed by atoms with Gasteiger partial charge in [0.05, 0.1) is 6.10 Å². The second-order valence-electron chi connectivity index (χ2n) is 12.8. The molecule has 4 aliphatic carbocycles. The van der Waals surface area contributed by atoms with Crippen LogP contribution in [0.1, 0.15) is 84.5 Å². The Morgan fingerprint density at radius 2 is 1.71 bits per heavy atom. The molecular formula is C28H44N2O5. The number of ether oxygens (including phenoxy) is 1. The second-order valence-corrected chi connectivity index (χ2v) is 12.8. The van der Waals surface area contributed by atoms with Crippen LogP contribution in [0.3, 0.4) is 0 Å². The van der Waals surface area contributed by atoms with Crippen LogP contribution in [-0.4, -0.2) is 71.6 Å². The molecular weight excluding hydrogens is 444 g/mol. The Balaban J connectivity index is 1.17. The van der Waals surface area contributed by atoms with Gasteiger partial charge in [0, 0.05) is 39.0 Å². The smallest absolute Gasteiger partial charge is 0.407 e. The zero-order valence-corrected chi connectivity index (χ0v) is 21.8. The van der Waals surface area contributed by atoms with E-state index in [1.807, 2.05) is 4.90 Å². The monoisotopic (exact) mass is 488 g/mol. The van der Waals surface area contributed by atoms with E-state index >= 15 is 0 Å². The minimum Gasteiger partial charge on any atom is -0.465 e. The number of ketones is 1. The highest BCUT2D eigenvalue weighted by molar-refractivity contribution is 5.79. The van der Waals surface area contributed by atoms with E-state index in [-0.39, 0.29) is 30.1 Å². The van der Waals surface area contributed by atoms with Gasteiger partial charge in [-0.15, -0.1) is 0 Å². The molecule has 4 saturated carbocycles. The van der Waals surface area contributed by atoms with Gasteiger partial charge in [0.2, 0.25) is 5.91 Å². The van der Waals surface area contributed by atoms with Gasteiger partial charge < -0.3 is 19.6 Å². The molecule has 2 amide bonds. The number of carbonyl (C=O) groups is 3. The zero-order chi connectivity index (χ0) is 25.0. The predicted octanol–water partition coefficient (Wildman–Crippen LogP) is 4.58. The second kappa shape index (κ2) is 9.35. The molecule has 1 aliphatic heterocycles. The molecule has 35 heavy (non-hydrogen) atoms. The van der Waals surface area contributed by atoms with Crippen LogP contribution in [0.25, 0.3) is 0 Å². The third-order valence-electron chi connectivity index (χ3n) is 11.5. The summed E-state index contributed by atoms with van der Waals surface area (Å²) in [7, 11) is 1.61. The van der Waals surface area contributed by atoms with Crippen LogP contribution in [0.4, 0.5) is 4.79 Å². The Labute approximate surface area is 209 Å². The van der Waals surface area contributed by atoms with Crippen LogP contribution in [-0.2, 0) is 14.3 Å². The fourth-order valence-corrected chi connectivity index (χ4v) is 9.19. The molecule has 0 bridgehead atoms. The number of Topliss-reactive ketones (excluding diaryl/α,β-unsaturated/α-hetero) is 1. The van der Waals surface area contributed by atoms with Gasteiger partial charge in [0.15, 0.2) is 0 Å². The van der Waals surface area contributed by atoms with E-state index in [1.165, 1.54) is 37.0 Å². The molecule has 0 spiro atoms. The van der Waals surface area contributed by atoms with Gasteiger partial charge in [-0.2, -0.15) is 0 Å². The lowest BCUT2D eigenvalue weighted by Gasteiger charge is -2.60. The Morgan fingerprint density at radius 3 is 2.43 bits per heavy atom. The molecule has 196 valence electrons. The van der Waals surface area contributed by atoms with Crippen molar-refractivity contribution in [2.75, 3.05) is 26.7 Å². The third kappa shape index (κ3) is 4.30. The maximum atomic E-state index is 12.9. The fourth-order valence-electron chi connectivity index (χ4n) is 9.19. The van der Waals surface area contributed by atoms with Gasteiger partial charge in [0.25, 0.3) is 0 Å². The van der Waals surface area contributed by atoms with Gasteiger partial charge in [-0.05, 0) is 92.3 Å². The number of carbonyl (C=O) groups excluding carboxylic acids is 2. The van der Waals surface area contributed by atoms with Gasteiger partial charge in [-0.25, -0.2) is 4.79 Å². The van der Waals surface area contributed by atoms with Crippen molar-refractivity contribution in [2.45, 2.75) is 96.6 Å². The molecule has 7 heteroatoms. The molecule has 7 atom stereocenters. The summed E-state index contributed by atoms with van der Waals surface area (Å²) < 4.78 is 6.39. The highest BCUT2D eigenvalue weighted by Crippen LogP contribution is 2.66. The first-order valence-corrected chi connectivity index (χ1v) is 14.0. The van der Waals surface area contributed by atoms with Crippen LogP contribution in [0.15, 0.2) is 0 Å². The summed E-state index contributed by atoms with van der Waals surface area (Å²) in [6, 6.07) is -0.0126. The molecule has 0 unspecified atom stereocenters. The summed E-state index contributed by atoms with van der Waals surface area (Å²) in [5.74, 6) is 3.24. The maximum absolute atomic E-state index is 12.9. The van der Waals surface area contributed by atoms with Crippen LogP contribution in [0.5, 0.6) is 0 Å². The summed E-state index contributed by atoms with van der Waals surface area (Å²) in [6.07, 6.45) is 10.4. The van der Waals surface area contributed by atoms with Crippen LogP contribution < -0.4 is 0 Å². The van der Waals surface area contributed by atoms with Crippen molar-refractivity contribution in [3.8, 4) is 0 Å². The average Bonchev–Trinajstić information content (AvgIpc) is 3.18. The highest BCUT2D eigenvalue weighted by atomic mass is 16.5. The molecule has 1 heterocycles. The lowest BCUT2D eigenvalue weighted by molar-refractivity contribution is -0.153. The molecule has 0 radical (unpaired) electrons. The molecule has 0 aromatic carbocycles. The largest absolute Gasteiger partial charge is 0.465 e. The molecule has 5 aliphatic rings. The molecule has 7 nitrogen and oxygen atoms in total. The number of piperidine rings is 1.